The Hall–Kier alpha value is -1.97. The number of anilines is 1. The molecule has 7 nitrogen and oxygen atoms in total. The standard InChI is InChI=1S/C20H27N3O4S2/c1-4-11-29(25,26)23-10-6-5-7-17(23)19(24)22-20-21-16(13-28-20)15-12-14(2)8-9-18(15)27-3/h8-9,12-13,17H,4-7,10-11H2,1-3H3,(H,21,22,24). The van der Waals surface area contributed by atoms with Crippen molar-refractivity contribution in [3.8, 4) is 17.0 Å². The minimum atomic E-state index is -3.43. The molecule has 1 aromatic carbocycles. The van der Waals surface area contributed by atoms with Crippen LogP contribution in [0, 0.1) is 6.92 Å². The minimum Gasteiger partial charge on any atom is -0.496 e. The summed E-state index contributed by atoms with van der Waals surface area (Å²) in [6, 6.07) is 5.16. The summed E-state index contributed by atoms with van der Waals surface area (Å²) >= 11 is 1.31. The number of benzene rings is 1. The fourth-order valence-electron chi connectivity index (χ4n) is 3.54. The van der Waals surface area contributed by atoms with E-state index in [1.54, 1.807) is 7.11 Å². The molecule has 1 aromatic heterocycles. The van der Waals surface area contributed by atoms with Crippen molar-refractivity contribution in [3.05, 3.63) is 29.1 Å². The van der Waals surface area contributed by atoms with Gasteiger partial charge in [-0.25, -0.2) is 13.4 Å². The summed E-state index contributed by atoms with van der Waals surface area (Å²) in [5, 5.41) is 5.13. The maximum Gasteiger partial charge on any atom is 0.244 e. The van der Waals surface area contributed by atoms with Gasteiger partial charge in [0.15, 0.2) is 5.13 Å². The monoisotopic (exact) mass is 437 g/mol. The first-order chi connectivity index (χ1) is 13.9. The van der Waals surface area contributed by atoms with Crippen molar-refractivity contribution in [1.29, 1.82) is 0 Å². The molecule has 9 heteroatoms. The van der Waals surface area contributed by atoms with Gasteiger partial charge >= 0.3 is 0 Å². The van der Waals surface area contributed by atoms with E-state index in [0.717, 1.165) is 24.0 Å². The molecule has 1 saturated heterocycles. The Balaban J connectivity index is 1.78. The van der Waals surface area contributed by atoms with Gasteiger partial charge in [0.2, 0.25) is 15.9 Å². The lowest BCUT2D eigenvalue weighted by atomic mass is 10.0. The van der Waals surface area contributed by atoms with E-state index in [0.29, 0.717) is 36.0 Å². The molecule has 0 radical (unpaired) electrons. The number of amides is 1. The lowest BCUT2D eigenvalue weighted by Crippen LogP contribution is -2.50. The lowest BCUT2D eigenvalue weighted by Gasteiger charge is -2.33. The third-order valence-electron chi connectivity index (χ3n) is 4.94. The van der Waals surface area contributed by atoms with Crippen LogP contribution in [-0.2, 0) is 14.8 Å². The van der Waals surface area contributed by atoms with Gasteiger partial charge in [0.25, 0.3) is 0 Å². The molecule has 0 saturated carbocycles. The van der Waals surface area contributed by atoms with E-state index in [1.807, 2.05) is 37.4 Å². The number of methoxy groups -OCH3 is 1. The molecule has 1 N–H and O–H groups in total. The fraction of sp³-hybridized carbons (Fsp3) is 0.500. The number of sulfonamides is 1. The number of rotatable bonds is 7. The molecule has 1 amide bonds. The third-order valence-corrected chi connectivity index (χ3v) is 7.77. The Morgan fingerprint density at radius 2 is 2.17 bits per heavy atom. The first-order valence-corrected chi connectivity index (χ1v) is 12.3. The molecular weight excluding hydrogens is 410 g/mol. The molecule has 0 spiro atoms. The zero-order valence-corrected chi connectivity index (χ0v) is 18.6. The number of thiazole rings is 1. The van der Waals surface area contributed by atoms with Gasteiger partial charge < -0.3 is 10.1 Å². The van der Waals surface area contributed by atoms with E-state index in [2.05, 4.69) is 10.3 Å². The number of aromatic nitrogens is 1. The predicted octanol–water partition coefficient (Wildman–Crippen LogP) is 3.66. The van der Waals surface area contributed by atoms with Crippen LogP contribution in [-0.4, -0.2) is 49.1 Å². The summed E-state index contributed by atoms with van der Waals surface area (Å²) in [7, 11) is -1.82. The normalized spacial score (nSPS) is 17.8. The molecule has 158 valence electrons. The zero-order valence-electron chi connectivity index (χ0n) is 17.0. The molecule has 1 aliphatic heterocycles. The SMILES string of the molecule is CCCS(=O)(=O)N1CCCCC1C(=O)Nc1nc(-c2cc(C)ccc2OC)cs1. The van der Waals surface area contributed by atoms with E-state index < -0.39 is 16.1 Å². The number of piperidine rings is 1. The Morgan fingerprint density at radius 1 is 1.38 bits per heavy atom. The summed E-state index contributed by atoms with van der Waals surface area (Å²) in [4.78, 5) is 17.4. The van der Waals surface area contributed by atoms with Crippen LogP contribution in [0.2, 0.25) is 0 Å². The highest BCUT2D eigenvalue weighted by Crippen LogP contribution is 2.33. The molecule has 1 aliphatic rings. The molecule has 2 aromatic rings. The number of carbonyl (C=O) groups is 1. The lowest BCUT2D eigenvalue weighted by molar-refractivity contribution is -0.120. The number of nitrogens with one attached hydrogen (secondary N) is 1. The van der Waals surface area contributed by atoms with Gasteiger partial charge in [-0.1, -0.05) is 25.0 Å². The van der Waals surface area contributed by atoms with Crippen LogP contribution < -0.4 is 10.1 Å². The molecule has 0 bridgehead atoms. The third kappa shape index (κ3) is 4.96. The molecule has 3 rings (SSSR count). The van der Waals surface area contributed by atoms with Gasteiger partial charge in [0.1, 0.15) is 11.8 Å². The summed E-state index contributed by atoms with van der Waals surface area (Å²) in [5.74, 6) is 0.454. The summed E-state index contributed by atoms with van der Waals surface area (Å²) in [5.41, 5.74) is 2.65. The van der Waals surface area contributed by atoms with Gasteiger partial charge in [-0.05, 0) is 38.3 Å². The highest BCUT2D eigenvalue weighted by atomic mass is 32.2. The van der Waals surface area contributed by atoms with Crippen LogP contribution in [0.15, 0.2) is 23.6 Å². The Morgan fingerprint density at radius 3 is 2.90 bits per heavy atom. The number of ether oxygens (including phenoxy) is 1. The second kappa shape index (κ2) is 9.23. The summed E-state index contributed by atoms with van der Waals surface area (Å²) in [6.45, 7) is 4.21. The Bertz CT molecular complexity index is 972. The number of nitrogens with zero attached hydrogens (tertiary/aromatic N) is 2. The fourth-order valence-corrected chi connectivity index (χ4v) is 6.00. The molecule has 0 aliphatic carbocycles. The first kappa shape index (κ1) is 21.7. The van der Waals surface area contributed by atoms with E-state index in [-0.39, 0.29) is 11.7 Å². The second-order valence-corrected chi connectivity index (χ2v) is 10.1. The zero-order chi connectivity index (χ0) is 21.0. The summed E-state index contributed by atoms with van der Waals surface area (Å²) in [6.07, 6.45) is 2.67. The summed E-state index contributed by atoms with van der Waals surface area (Å²) < 4.78 is 31.9. The van der Waals surface area contributed by atoms with Crippen molar-refractivity contribution in [3.63, 3.8) is 0 Å². The van der Waals surface area contributed by atoms with Crippen LogP contribution in [0.1, 0.15) is 38.2 Å². The van der Waals surface area contributed by atoms with Crippen LogP contribution in [0.5, 0.6) is 5.75 Å². The number of aryl methyl sites for hydroxylation is 1. The number of hydrogen-bond donors (Lipinski definition) is 1. The van der Waals surface area contributed by atoms with Crippen LogP contribution >= 0.6 is 11.3 Å². The van der Waals surface area contributed by atoms with Gasteiger partial charge in [-0.2, -0.15) is 4.31 Å². The average Bonchev–Trinajstić information content (AvgIpc) is 3.16. The van der Waals surface area contributed by atoms with Crippen LogP contribution in [0.3, 0.4) is 0 Å². The largest absolute Gasteiger partial charge is 0.496 e. The Labute approximate surface area is 176 Å². The Kier molecular flexibility index (Phi) is 6.92. The van der Waals surface area contributed by atoms with Crippen LogP contribution in [0.4, 0.5) is 5.13 Å². The van der Waals surface area contributed by atoms with Crippen LogP contribution in [0.25, 0.3) is 11.3 Å². The van der Waals surface area contributed by atoms with Gasteiger partial charge in [-0.3, -0.25) is 4.79 Å². The molecule has 1 unspecified atom stereocenters. The molecule has 29 heavy (non-hydrogen) atoms. The molecule has 2 heterocycles. The van der Waals surface area contributed by atoms with Crippen molar-refractivity contribution < 1.29 is 17.9 Å². The van der Waals surface area contributed by atoms with E-state index in [1.165, 1.54) is 15.6 Å². The predicted molar refractivity (Wildman–Crippen MR) is 116 cm³/mol. The molecule has 1 fully saturated rings. The van der Waals surface area contributed by atoms with Gasteiger partial charge in [0, 0.05) is 17.5 Å². The van der Waals surface area contributed by atoms with Gasteiger partial charge in [-0.15, -0.1) is 11.3 Å². The van der Waals surface area contributed by atoms with Crippen molar-refractivity contribution in [1.82, 2.24) is 9.29 Å². The van der Waals surface area contributed by atoms with Gasteiger partial charge in [0.05, 0.1) is 18.6 Å². The number of carbonyl (C=O) groups excluding carboxylic acids is 1. The maximum atomic E-state index is 12.9. The van der Waals surface area contributed by atoms with E-state index in [4.69, 9.17) is 4.74 Å². The quantitative estimate of drug-likeness (QED) is 0.714. The van der Waals surface area contributed by atoms with Crippen molar-refractivity contribution in [2.45, 2.75) is 45.6 Å². The highest BCUT2D eigenvalue weighted by Gasteiger charge is 2.36. The van der Waals surface area contributed by atoms with Crippen molar-refractivity contribution in [2.24, 2.45) is 0 Å². The van der Waals surface area contributed by atoms with E-state index in [9.17, 15) is 13.2 Å². The van der Waals surface area contributed by atoms with E-state index >= 15 is 0 Å². The molecule has 1 atom stereocenters. The number of hydrogen-bond acceptors (Lipinski definition) is 6. The van der Waals surface area contributed by atoms with Crippen molar-refractivity contribution in [2.75, 3.05) is 24.7 Å². The van der Waals surface area contributed by atoms with Crippen molar-refractivity contribution >= 4 is 32.4 Å². The smallest absolute Gasteiger partial charge is 0.244 e. The molecular formula is C20H27N3O4S2. The average molecular weight is 438 g/mol. The minimum absolute atomic E-state index is 0.0608. The first-order valence-electron chi connectivity index (χ1n) is 9.76. The second-order valence-electron chi connectivity index (χ2n) is 7.17. The topological polar surface area (TPSA) is 88.6 Å². The highest BCUT2D eigenvalue weighted by molar-refractivity contribution is 7.89. The maximum absolute atomic E-state index is 12.9.